The molecule has 22 heavy (non-hydrogen) atoms. The molecule has 1 aliphatic rings. The Hall–Kier alpha value is -1.57. The van der Waals surface area contributed by atoms with Crippen molar-refractivity contribution in [3.05, 3.63) is 42.5 Å². The normalized spacial score (nSPS) is 18.5. The molecule has 1 aromatic carbocycles. The first kappa shape index (κ1) is 16.8. The van der Waals surface area contributed by atoms with E-state index in [1.54, 1.807) is 0 Å². The molecule has 1 unspecified atom stereocenters. The number of esters is 1. The molecule has 1 aliphatic carbocycles. The molecule has 0 N–H and O–H groups in total. The molecule has 0 heterocycles. The Morgan fingerprint density at radius 3 is 2.45 bits per heavy atom. The Morgan fingerprint density at radius 2 is 1.91 bits per heavy atom. The molecule has 0 aromatic heterocycles. The van der Waals surface area contributed by atoms with Crippen molar-refractivity contribution in [2.75, 3.05) is 0 Å². The van der Waals surface area contributed by atoms with E-state index >= 15 is 0 Å². The molecule has 0 bridgehead atoms. The minimum absolute atomic E-state index is 0.273. The lowest BCUT2D eigenvalue weighted by atomic mass is 9.69. The van der Waals surface area contributed by atoms with Crippen molar-refractivity contribution in [3.8, 4) is 5.75 Å². The van der Waals surface area contributed by atoms with Crippen LogP contribution in [0.2, 0.25) is 0 Å². The average Bonchev–Trinajstić information content (AvgIpc) is 2.47. The van der Waals surface area contributed by atoms with Gasteiger partial charge in [-0.3, -0.25) is 4.79 Å². The number of carbonyl (C=O) groups excluding carboxylic acids is 1. The first-order valence-electron chi connectivity index (χ1n) is 8.42. The topological polar surface area (TPSA) is 26.3 Å². The lowest BCUT2D eigenvalue weighted by Crippen LogP contribution is -2.23. The van der Waals surface area contributed by atoms with Crippen molar-refractivity contribution in [1.82, 2.24) is 0 Å². The number of rotatable bonds is 6. The molecule has 1 fully saturated rings. The van der Waals surface area contributed by atoms with Crippen LogP contribution in [-0.2, 0) is 4.79 Å². The fourth-order valence-electron chi connectivity index (χ4n) is 3.72. The molecule has 0 amide bonds. The maximum absolute atomic E-state index is 11.0. The van der Waals surface area contributed by atoms with Gasteiger partial charge in [-0.2, -0.15) is 0 Å². The van der Waals surface area contributed by atoms with E-state index in [0.29, 0.717) is 17.1 Å². The molecule has 0 radical (unpaired) electrons. The van der Waals surface area contributed by atoms with Gasteiger partial charge in [-0.25, -0.2) is 0 Å². The second-order valence-corrected chi connectivity index (χ2v) is 6.96. The van der Waals surface area contributed by atoms with Gasteiger partial charge in [-0.15, -0.1) is 6.58 Å². The zero-order valence-electron chi connectivity index (χ0n) is 13.9. The zero-order valence-corrected chi connectivity index (χ0v) is 13.9. The third-order valence-electron chi connectivity index (χ3n) is 4.86. The summed E-state index contributed by atoms with van der Waals surface area (Å²) in [7, 11) is 0. The highest BCUT2D eigenvalue weighted by Crippen LogP contribution is 2.44. The van der Waals surface area contributed by atoms with E-state index in [1.807, 2.05) is 18.2 Å². The molecule has 1 atom stereocenters. The maximum Gasteiger partial charge on any atom is 0.308 e. The van der Waals surface area contributed by atoms with E-state index in [0.717, 1.165) is 6.42 Å². The molecule has 1 aromatic rings. The Balaban J connectivity index is 2.09. The third-order valence-corrected chi connectivity index (χ3v) is 4.86. The molecule has 1 saturated carbocycles. The van der Waals surface area contributed by atoms with E-state index in [2.05, 4.69) is 25.6 Å². The van der Waals surface area contributed by atoms with Crippen LogP contribution in [-0.4, -0.2) is 5.97 Å². The largest absolute Gasteiger partial charge is 0.427 e. The first-order chi connectivity index (χ1) is 10.5. The number of ether oxygens (including phenoxy) is 1. The highest BCUT2D eigenvalue weighted by atomic mass is 16.5. The smallest absolute Gasteiger partial charge is 0.308 e. The van der Waals surface area contributed by atoms with Crippen LogP contribution in [0.15, 0.2) is 36.9 Å². The molecular formula is C20H28O2. The van der Waals surface area contributed by atoms with E-state index < -0.39 is 0 Å². The van der Waals surface area contributed by atoms with Crippen LogP contribution < -0.4 is 4.74 Å². The molecule has 0 spiro atoms. The third kappa shape index (κ3) is 4.72. The lowest BCUT2D eigenvalue weighted by Gasteiger charge is -2.36. The summed E-state index contributed by atoms with van der Waals surface area (Å²) in [4.78, 5) is 11.0. The van der Waals surface area contributed by atoms with Gasteiger partial charge in [-0.05, 0) is 54.7 Å². The van der Waals surface area contributed by atoms with E-state index in [9.17, 15) is 4.79 Å². The van der Waals surface area contributed by atoms with E-state index in [4.69, 9.17) is 4.74 Å². The molecule has 120 valence electrons. The van der Waals surface area contributed by atoms with Gasteiger partial charge in [0.05, 0.1) is 0 Å². The van der Waals surface area contributed by atoms with E-state index in [1.165, 1.54) is 51.0 Å². The highest BCUT2D eigenvalue weighted by molar-refractivity contribution is 5.69. The quantitative estimate of drug-likeness (QED) is 0.386. The van der Waals surface area contributed by atoms with Crippen LogP contribution in [0.4, 0.5) is 0 Å². The van der Waals surface area contributed by atoms with Gasteiger partial charge in [0.15, 0.2) is 0 Å². The van der Waals surface area contributed by atoms with Crippen molar-refractivity contribution in [2.45, 2.75) is 64.7 Å². The van der Waals surface area contributed by atoms with Gasteiger partial charge >= 0.3 is 5.97 Å². The standard InChI is InChI=1S/C20H28O2/c1-4-8-18(15-20(3)13-6-5-7-14-20)17-9-11-19(12-10-17)22-16(2)21/h4,9-12,18H,1,5-8,13-15H2,2-3H3. The Morgan fingerprint density at radius 1 is 1.27 bits per heavy atom. The number of hydrogen-bond acceptors (Lipinski definition) is 2. The van der Waals surface area contributed by atoms with Crippen molar-refractivity contribution in [1.29, 1.82) is 0 Å². The summed E-state index contributed by atoms with van der Waals surface area (Å²) in [5.41, 5.74) is 1.78. The first-order valence-corrected chi connectivity index (χ1v) is 8.42. The van der Waals surface area contributed by atoms with Crippen molar-refractivity contribution in [2.24, 2.45) is 5.41 Å². The summed E-state index contributed by atoms with van der Waals surface area (Å²) in [6, 6.07) is 7.99. The minimum atomic E-state index is -0.273. The second-order valence-electron chi connectivity index (χ2n) is 6.96. The Labute approximate surface area is 134 Å². The summed E-state index contributed by atoms with van der Waals surface area (Å²) in [6.07, 6.45) is 11.0. The SMILES string of the molecule is C=CCC(CC1(C)CCCCC1)c1ccc(OC(C)=O)cc1. The van der Waals surface area contributed by atoms with Gasteiger partial charge in [0.2, 0.25) is 0 Å². The van der Waals surface area contributed by atoms with Crippen LogP contribution in [0.25, 0.3) is 0 Å². The van der Waals surface area contributed by atoms with E-state index in [-0.39, 0.29) is 5.97 Å². The van der Waals surface area contributed by atoms with Gasteiger partial charge in [0, 0.05) is 6.92 Å². The summed E-state index contributed by atoms with van der Waals surface area (Å²) in [5.74, 6) is 0.856. The second kappa shape index (κ2) is 7.62. The van der Waals surface area contributed by atoms with Gasteiger partial charge in [0.25, 0.3) is 0 Å². The van der Waals surface area contributed by atoms with Gasteiger partial charge in [0.1, 0.15) is 5.75 Å². The number of hydrogen-bond donors (Lipinski definition) is 0. The van der Waals surface area contributed by atoms with Crippen molar-refractivity contribution >= 4 is 5.97 Å². The van der Waals surface area contributed by atoms with Gasteiger partial charge < -0.3 is 4.74 Å². The van der Waals surface area contributed by atoms with Crippen LogP contribution in [0, 0.1) is 5.41 Å². The lowest BCUT2D eigenvalue weighted by molar-refractivity contribution is -0.131. The molecule has 0 saturated heterocycles. The van der Waals surface area contributed by atoms with Crippen molar-refractivity contribution in [3.63, 3.8) is 0 Å². The number of carbonyl (C=O) groups is 1. The molecule has 2 heteroatoms. The summed E-state index contributed by atoms with van der Waals surface area (Å²) < 4.78 is 5.12. The van der Waals surface area contributed by atoms with Crippen LogP contribution in [0.1, 0.15) is 70.3 Å². The predicted molar refractivity (Wildman–Crippen MR) is 91.1 cm³/mol. The molecule has 2 rings (SSSR count). The summed E-state index contributed by atoms with van der Waals surface area (Å²) in [5, 5.41) is 0. The Bertz CT molecular complexity index is 495. The summed E-state index contributed by atoms with van der Waals surface area (Å²) in [6.45, 7) is 7.80. The monoisotopic (exact) mass is 300 g/mol. The average molecular weight is 300 g/mol. The van der Waals surface area contributed by atoms with Crippen LogP contribution >= 0.6 is 0 Å². The summed E-state index contributed by atoms with van der Waals surface area (Å²) >= 11 is 0. The highest BCUT2D eigenvalue weighted by Gasteiger charge is 2.30. The molecule has 2 nitrogen and oxygen atoms in total. The Kier molecular flexibility index (Phi) is 5.82. The van der Waals surface area contributed by atoms with Crippen LogP contribution in [0.5, 0.6) is 5.75 Å². The fourth-order valence-corrected chi connectivity index (χ4v) is 3.72. The molecule has 0 aliphatic heterocycles. The number of benzene rings is 1. The number of allylic oxidation sites excluding steroid dienone is 1. The maximum atomic E-state index is 11.0. The minimum Gasteiger partial charge on any atom is -0.427 e. The molecular weight excluding hydrogens is 272 g/mol. The fraction of sp³-hybridized carbons (Fsp3) is 0.550. The van der Waals surface area contributed by atoms with Crippen LogP contribution in [0.3, 0.4) is 0 Å². The van der Waals surface area contributed by atoms with Crippen molar-refractivity contribution < 1.29 is 9.53 Å². The zero-order chi connectivity index (χ0) is 16.0. The predicted octanol–water partition coefficient (Wildman–Crippen LogP) is 5.63. The van der Waals surface area contributed by atoms with Gasteiger partial charge in [-0.1, -0.05) is 44.4 Å².